The standard InChI is InChI=1S/C26H26ClN3O3/c1-17(2)28-26(31)18-12-13-22-21(14-18)29-25(16-33-24-11-7-6-10-23(24)32-3)30(22)15-19-8-4-5-9-20(19)27/h4-14,17H,15-16H2,1-3H3,(H,28,31). The van der Waals surface area contributed by atoms with E-state index in [1.807, 2.05) is 80.6 Å². The predicted octanol–water partition coefficient (Wildman–Crippen LogP) is 5.46. The molecule has 170 valence electrons. The number of hydrogen-bond donors (Lipinski definition) is 1. The van der Waals surface area contributed by atoms with Crippen LogP contribution in [0.2, 0.25) is 5.02 Å². The predicted molar refractivity (Wildman–Crippen MR) is 130 cm³/mol. The lowest BCUT2D eigenvalue weighted by Gasteiger charge is -2.13. The second-order valence-electron chi connectivity index (χ2n) is 7.98. The number of nitrogens with one attached hydrogen (secondary N) is 1. The van der Waals surface area contributed by atoms with Gasteiger partial charge in [-0.15, -0.1) is 0 Å². The van der Waals surface area contributed by atoms with Crippen LogP contribution in [0.5, 0.6) is 11.5 Å². The Bertz CT molecular complexity index is 1280. The number of hydrogen-bond acceptors (Lipinski definition) is 4. The van der Waals surface area contributed by atoms with Crippen LogP contribution < -0.4 is 14.8 Å². The average molecular weight is 464 g/mol. The zero-order chi connectivity index (χ0) is 23.4. The van der Waals surface area contributed by atoms with Gasteiger partial charge in [-0.2, -0.15) is 0 Å². The number of halogens is 1. The molecule has 1 N–H and O–H groups in total. The quantitative estimate of drug-likeness (QED) is 0.376. The van der Waals surface area contributed by atoms with Gasteiger partial charge in [-0.1, -0.05) is 41.9 Å². The van der Waals surface area contributed by atoms with Crippen molar-refractivity contribution in [2.24, 2.45) is 0 Å². The Balaban J connectivity index is 1.72. The smallest absolute Gasteiger partial charge is 0.251 e. The summed E-state index contributed by atoms with van der Waals surface area (Å²) in [5.41, 5.74) is 3.15. The van der Waals surface area contributed by atoms with E-state index in [2.05, 4.69) is 9.88 Å². The summed E-state index contributed by atoms with van der Waals surface area (Å²) in [6.07, 6.45) is 0. The highest BCUT2D eigenvalue weighted by atomic mass is 35.5. The number of para-hydroxylation sites is 2. The molecule has 3 aromatic carbocycles. The monoisotopic (exact) mass is 463 g/mol. The summed E-state index contributed by atoms with van der Waals surface area (Å²) in [6, 6.07) is 20.8. The first-order chi connectivity index (χ1) is 16.0. The molecule has 0 fully saturated rings. The van der Waals surface area contributed by atoms with Crippen molar-refractivity contribution < 1.29 is 14.3 Å². The number of imidazole rings is 1. The summed E-state index contributed by atoms with van der Waals surface area (Å²) in [5, 5.41) is 3.61. The SMILES string of the molecule is COc1ccccc1OCc1nc2cc(C(=O)NC(C)C)ccc2n1Cc1ccccc1Cl. The van der Waals surface area contributed by atoms with Gasteiger partial charge in [0.25, 0.3) is 5.91 Å². The molecule has 33 heavy (non-hydrogen) atoms. The van der Waals surface area contributed by atoms with E-state index in [1.54, 1.807) is 7.11 Å². The van der Waals surface area contributed by atoms with Gasteiger partial charge in [0, 0.05) is 16.6 Å². The lowest BCUT2D eigenvalue weighted by molar-refractivity contribution is 0.0943. The Morgan fingerprint density at radius 1 is 1.06 bits per heavy atom. The van der Waals surface area contributed by atoms with Crippen LogP contribution in [0.3, 0.4) is 0 Å². The number of nitrogens with zero attached hydrogens (tertiary/aromatic N) is 2. The third-order valence-electron chi connectivity index (χ3n) is 5.22. The second kappa shape index (κ2) is 9.96. The highest BCUT2D eigenvalue weighted by Gasteiger charge is 2.16. The van der Waals surface area contributed by atoms with E-state index in [0.717, 1.165) is 22.4 Å². The third kappa shape index (κ3) is 5.12. The fourth-order valence-corrected chi connectivity index (χ4v) is 3.83. The molecule has 0 bridgehead atoms. The molecule has 0 aliphatic rings. The van der Waals surface area contributed by atoms with Gasteiger partial charge in [0.2, 0.25) is 0 Å². The van der Waals surface area contributed by atoms with Crippen LogP contribution in [-0.2, 0) is 13.2 Å². The molecular weight excluding hydrogens is 438 g/mol. The molecule has 1 amide bonds. The molecule has 0 atom stereocenters. The summed E-state index contributed by atoms with van der Waals surface area (Å²) < 4.78 is 13.5. The zero-order valence-electron chi connectivity index (χ0n) is 18.8. The number of aromatic nitrogens is 2. The minimum Gasteiger partial charge on any atom is -0.493 e. The van der Waals surface area contributed by atoms with Crippen LogP contribution in [0, 0.1) is 0 Å². The van der Waals surface area contributed by atoms with Gasteiger partial charge in [-0.05, 0) is 55.8 Å². The van der Waals surface area contributed by atoms with E-state index >= 15 is 0 Å². The molecule has 0 saturated carbocycles. The van der Waals surface area contributed by atoms with Gasteiger partial charge >= 0.3 is 0 Å². The number of carbonyl (C=O) groups excluding carboxylic acids is 1. The molecule has 0 aliphatic heterocycles. The van der Waals surface area contributed by atoms with E-state index in [9.17, 15) is 4.79 Å². The fraction of sp³-hybridized carbons (Fsp3) is 0.231. The first-order valence-electron chi connectivity index (χ1n) is 10.8. The zero-order valence-corrected chi connectivity index (χ0v) is 19.6. The lowest BCUT2D eigenvalue weighted by Crippen LogP contribution is -2.29. The van der Waals surface area contributed by atoms with Gasteiger partial charge in [-0.3, -0.25) is 4.79 Å². The number of methoxy groups -OCH3 is 1. The molecule has 0 unspecified atom stereocenters. The van der Waals surface area contributed by atoms with Crippen LogP contribution in [-0.4, -0.2) is 28.6 Å². The summed E-state index contributed by atoms with van der Waals surface area (Å²) in [7, 11) is 1.61. The van der Waals surface area contributed by atoms with Gasteiger partial charge in [0.1, 0.15) is 12.4 Å². The minimum absolute atomic E-state index is 0.0517. The molecule has 4 aromatic rings. The Labute approximate surface area is 198 Å². The van der Waals surface area contributed by atoms with Crippen molar-refractivity contribution in [3.05, 3.63) is 88.7 Å². The number of carbonyl (C=O) groups is 1. The molecule has 4 rings (SSSR count). The first kappa shape index (κ1) is 22.7. The number of fused-ring (bicyclic) bond motifs is 1. The average Bonchev–Trinajstić information content (AvgIpc) is 3.15. The van der Waals surface area contributed by atoms with Crippen molar-refractivity contribution in [2.75, 3.05) is 7.11 Å². The largest absolute Gasteiger partial charge is 0.493 e. The first-order valence-corrected chi connectivity index (χ1v) is 11.1. The van der Waals surface area contributed by atoms with Crippen LogP contribution >= 0.6 is 11.6 Å². The van der Waals surface area contributed by atoms with Crippen LogP contribution in [0.25, 0.3) is 11.0 Å². The van der Waals surface area contributed by atoms with Gasteiger partial charge in [0.15, 0.2) is 11.5 Å². The summed E-state index contributed by atoms with van der Waals surface area (Å²) in [4.78, 5) is 17.3. The Kier molecular flexibility index (Phi) is 6.84. The summed E-state index contributed by atoms with van der Waals surface area (Å²) >= 11 is 6.44. The molecule has 0 aliphatic carbocycles. The number of benzene rings is 3. The molecule has 0 saturated heterocycles. The van der Waals surface area contributed by atoms with Gasteiger partial charge in [-0.25, -0.2) is 4.98 Å². The van der Waals surface area contributed by atoms with Crippen molar-refractivity contribution in [1.29, 1.82) is 0 Å². The van der Waals surface area contributed by atoms with E-state index in [0.29, 0.717) is 28.6 Å². The summed E-state index contributed by atoms with van der Waals surface area (Å²) in [5.74, 6) is 1.88. The molecule has 0 spiro atoms. The van der Waals surface area contributed by atoms with Crippen molar-refractivity contribution in [3.63, 3.8) is 0 Å². The van der Waals surface area contributed by atoms with Crippen LogP contribution in [0.15, 0.2) is 66.7 Å². The van der Waals surface area contributed by atoms with E-state index in [1.165, 1.54) is 0 Å². The Hall–Kier alpha value is -3.51. The number of amides is 1. The molecule has 7 heteroatoms. The van der Waals surface area contributed by atoms with Crippen LogP contribution in [0.1, 0.15) is 35.6 Å². The number of ether oxygens (including phenoxy) is 2. The van der Waals surface area contributed by atoms with Gasteiger partial charge in [0.05, 0.1) is 24.7 Å². The maximum absolute atomic E-state index is 12.5. The fourth-order valence-electron chi connectivity index (χ4n) is 3.63. The van der Waals surface area contributed by atoms with Gasteiger partial charge < -0.3 is 19.4 Å². The maximum atomic E-state index is 12.5. The van der Waals surface area contributed by atoms with E-state index < -0.39 is 0 Å². The van der Waals surface area contributed by atoms with Crippen molar-refractivity contribution in [3.8, 4) is 11.5 Å². The molecule has 1 heterocycles. The topological polar surface area (TPSA) is 65.4 Å². The molecule has 1 aromatic heterocycles. The molecule has 0 radical (unpaired) electrons. The summed E-state index contributed by atoms with van der Waals surface area (Å²) in [6.45, 7) is 4.62. The van der Waals surface area contributed by atoms with E-state index in [4.69, 9.17) is 26.1 Å². The second-order valence-corrected chi connectivity index (χ2v) is 8.38. The lowest BCUT2D eigenvalue weighted by atomic mass is 10.1. The van der Waals surface area contributed by atoms with Crippen molar-refractivity contribution >= 4 is 28.5 Å². The Morgan fingerprint density at radius 2 is 1.79 bits per heavy atom. The third-order valence-corrected chi connectivity index (χ3v) is 5.59. The normalized spacial score (nSPS) is 11.1. The molecular formula is C26H26ClN3O3. The number of rotatable bonds is 8. The van der Waals surface area contributed by atoms with Crippen molar-refractivity contribution in [1.82, 2.24) is 14.9 Å². The minimum atomic E-state index is -0.126. The molecule has 6 nitrogen and oxygen atoms in total. The Morgan fingerprint density at radius 3 is 2.52 bits per heavy atom. The van der Waals surface area contributed by atoms with Crippen molar-refractivity contribution in [2.45, 2.75) is 33.0 Å². The highest BCUT2D eigenvalue weighted by Crippen LogP contribution is 2.28. The van der Waals surface area contributed by atoms with E-state index in [-0.39, 0.29) is 18.6 Å². The highest BCUT2D eigenvalue weighted by molar-refractivity contribution is 6.31. The maximum Gasteiger partial charge on any atom is 0.251 e. The van der Waals surface area contributed by atoms with Crippen LogP contribution in [0.4, 0.5) is 0 Å².